The van der Waals surface area contributed by atoms with Gasteiger partial charge in [-0.05, 0) is 25.5 Å². The van der Waals surface area contributed by atoms with E-state index >= 15 is 0 Å². The van der Waals surface area contributed by atoms with Gasteiger partial charge in [0.15, 0.2) is 5.96 Å². The van der Waals surface area contributed by atoms with Gasteiger partial charge in [0, 0.05) is 45.3 Å². The summed E-state index contributed by atoms with van der Waals surface area (Å²) in [4.78, 5) is 9.09. The highest BCUT2D eigenvalue weighted by atomic mass is 16.5. The second-order valence-corrected chi connectivity index (χ2v) is 6.84. The molecule has 6 nitrogen and oxygen atoms in total. The number of fused-ring (bicyclic) bond motifs is 1. The first kappa shape index (κ1) is 18.0. The third-order valence-electron chi connectivity index (χ3n) is 5.12. The molecule has 0 amide bonds. The first-order valence-electron chi connectivity index (χ1n) is 9.10. The van der Waals surface area contributed by atoms with Gasteiger partial charge in [0.2, 0.25) is 0 Å². The van der Waals surface area contributed by atoms with E-state index in [1.54, 1.807) is 7.11 Å². The molecule has 1 aromatic rings. The lowest BCUT2D eigenvalue weighted by atomic mass is 10.2. The van der Waals surface area contributed by atoms with Crippen molar-refractivity contribution < 1.29 is 9.47 Å². The van der Waals surface area contributed by atoms with Gasteiger partial charge >= 0.3 is 0 Å². The van der Waals surface area contributed by atoms with Crippen LogP contribution in [0.4, 0.5) is 0 Å². The zero-order valence-corrected chi connectivity index (χ0v) is 15.6. The average Bonchev–Trinajstić information content (AvgIpc) is 3.10. The van der Waals surface area contributed by atoms with Gasteiger partial charge in [-0.1, -0.05) is 18.2 Å². The molecule has 25 heavy (non-hydrogen) atoms. The van der Waals surface area contributed by atoms with E-state index < -0.39 is 0 Å². The number of nitrogens with zero attached hydrogens (tertiary/aromatic N) is 3. The van der Waals surface area contributed by atoms with Gasteiger partial charge in [-0.2, -0.15) is 0 Å². The molecule has 2 fully saturated rings. The standard InChI is InChI=1S/C19H30N4O2/c1-20-19(22(2)12-15-7-4-5-9-18(15)24-3)21-11-17-13-23-10-6-8-16(23)14-25-17/h4-5,7,9,16-17H,6,8,10-14H2,1-3H3,(H,20,21). The van der Waals surface area contributed by atoms with E-state index in [4.69, 9.17) is 9.47 Å². The van der Waals surface area contributed by atoms with Crippen LogP contribution in [0.25, 0.3) is 0 Å². The van der Waals surface area contributed by atoms with Crippen LogP contribution in [0, 0.1) is 0 Å². The van der Waals surface area contributed by atoms with Crippen LogP contribution in [0.5, 0.6) is 5.75 Å². The second kappa shape index (κ2) is 8.54. The Kier molecular flexibility index (Phi) is 6.15. The fourth-order valence-electron chi connectivity index (χ4n) is 3.76. The molecule has 0 saturated carbocycles. The minimum absolute atomic E-state index is 0.228. The number of methoxy groups -OCH3 is 1. The molecule has 2 heterocycles. The van der Waals surface area contributed by atoms with E-state index in [1.807, 2.05) is 32.3 Å². The molecule has 2 unspecified atom stereocenters. The third kappa shape index (κ3) is 4.44. The number of para-hydroxylation sites is 1. The lowest BCUT2D eigenvalue weighted by Crippen LogP contribution is -2.51. The molecule has 0 aromatic heterocycles. The molecule has 0 aliphatic carbocycles. The Morgan fingerprint density at radius 1 is 1.44 bits per heavy atom. The number of hydrogen-bond donors (Lipinski definition) is 1. The van der Waals surface area contributed by atoms with Crippen molar-refractivity contribution in [2.24, 2.45) is 4.99 Å². The molecule has 0 radical (unpaired) electrons. The molecule has 2 aliphatic rings. The van der Waals surface area contributed by atoms with Crippen LogP contribution in [-0.4, -0.2) is 75.4 Å². The molecule has 3 rings (SSSR count). The Morgan fingerprint density at radius 3 is 3.08 bits per heavy atom. The van der Waals surface area contributed by atoms with E-state index in [1.165, 1.54) is 19.4 Å². The summed E-state index contributed by atoms with van der Waals surface area (Å²) in [5.74, 6) is 1.78. The molecule has 2 atom stereocenters. The molecule has 138 valence electrons. The molecular weight excluding hydrogens is 316 g/mol. The number of nitrogens with one attached hydrogen (secondary N) is 1. The Balaban J connectivity index is 1.52. The van der Waals surface area contributed by atoms with E-state index in [-0.39, 0.29) is 6.10 Å². The highest BCUT2D eigenvalue weighted by Crippen LogP contribution is 2.22. The van der Waals surface area contributed by atoms with Gasteiger partial charge in [0.05, 0.1) is 19.8 Å². The first-order chi connectivity index (χ1) is 12.2. The van der Waals surface area contributed by atoms with Crippen molar-refractivity contribution in [1.82, 2.24) is 15.1 Å². The summed E-state index contributed by atoms with van der Waals surface area (Å²) in [6, 6.07) is 8.73. The summed E-state index contributed by atoms with van der Waals surface area (Å²) < 4.78 is 11.5. The zero-order valence-electron chi connectivity index (χ0n) is 15.6. The van der Waals surface area contributed by atoms with Gasteiger partial charge in [0.1, 0.15) is 5.75 Å². The van der Waals surface area contributed by atoms with Crippen molar-refractivity contribution in [2.75, 3.05) is 47.4 Å². The maximum atomic E-state index is 6.02. The predicted octanol–water partition coefficient (Wildman–Crippen LogP) is 1.57. The third-order valence-corrected chi connectivity index (χ3v) is 5.12. The molecule has 2 saturated heterocycles. The predicted molar refractivity (Wildman–Crippen MR) is 100 cm³/mol. The highest BCUT2D eigenvalue weighted by molar-refractivity contribution is 5.79. The Hall–Kier alpha value is -1.79. The van der Waals surface area contributed by atoms with E-state index in [0.29, 0.717) is 6.04 Å². The van der Waals surface area contributed by atoms with Gasteiger partial charge in [0.25, 0.3) is 0 Å². The van der Waals surface area contributed by atoms with Gasteiger partial charge < -0.3 is 19.7 Å². The number of morpholine rings is 1. The van der Waals surface area contributed by atoms with E-state index in [2.05, 4.69) is 26.2 Å². The summed E-state index contributed by atoms with van der Waals surface area (Å²) in [6.45, 7) is 4.62. The van der Waals surface area contributed by atoms with E-state index in [9.17, 15) is 0 Å². The van der Waals surface area contributed by atoms with Crippen LogP contribution in [0.3, 0.4) is 0 Å². The molecule has 1 aromatic carbocycles. The minimum Gasteiger partial charge on any atom is -0.496 e. The quantitative estimate of drug-likeness (QED) is 0.648. The Bertz CT molecular complexity index is 593. The maximum absolute atomic E-state index is 6.02. The zero-order chi connectivity index (χ0) is 17.6. The molecular formula is C19H30N4O2. The lowest BCUT2D eigenvalue weighted by molar-refractivity contribution is -0.0454. The van der Waals surface area contributed by atoms with Crippen LogP contribution in [0.1, 0.15) is 18.4 Å². The smallest absolute Gasteiger partial charge is 0.193 e. The topological polar surface area (TPSA) is 49.3 Å². The van der Waals surface area contributed by atoms with E-state index in [0.717, 1.165) is 43.5 Å². The van der Waals surface area contributed by atoms with Crippen molar-refractivity contribution in [3.8, 4) is 5.75 Å². The second-order valence-electron chi connectivity index (χ2n) is 6.84. The molecule has 0 bridgehead atoms. The SMILES string of the molecule is CN=C(NCC1CN2CCCC2CO1)N(C)Cc1ccccc1OC. The highest BCUT2D eigenvalue weighted by Gasteiger charge is 2.32. The van der Waals surface area contributed by atoms with Crippen LogP contribution in [0.2, 0.25) is 0 Å². The molecule has 0 spiro atoms. The van der Waals surface area contributed by atoms with Crippen molar-refractivity contribution in [3.05, 3.63) is 29.8 Å². The number of guanidine groups is 1. The normalized spacial score (nSPS) is 24.0. The largest absolute Gasteiger partial charge is 0.496 e. The molecule has 2 aliphatic heterocycles. The summed E-state index contributed by atoms with van der Waals surface area (Å²) in [7, 11) is 5.57. The van der Waals surface area contributed by atoms with Gasteiger partial charge in [-0.25, -0.2) is 0 Å². The van der Waals surface area contributed by atoms with Crippen molar-refractivity contribution in [2.45, 2.75) is 31.5 Å². The van der Waals surface area contributed by atoms with Gasteiger partial charge in [-0.3, -0.25) is 9.89 Å². The van der Waals surface area contributed by atoms with Crippen LogP contribution < -0.4 is 10.1 Å². The fraction of sp³-hybridized carbons (Fsp3) is 0.632. The summed E-state index contributed by atoms with van der Waals surface area (Å²) >= 11 is 0. The van der Waals surface area contributed by atoms with Crippen molar-refractivity contribution in [3.63, 3.8) is 0 Å². The lowest BCUT2D eigenvalue weighted by Gasteiger charge is -2.35. The average molecular weight is 346 g/mol. The first-order valence-corrected chi connectivity index (χ1v) is 9.10. The van der Waals surface area contributed by atoms with Crippen LogP contribution in [-0.2, 0) is 11.3 Å². The number of rotatable bonds is 5. The molecule has 6 heteroatoms. The number of benzene rings is 1. The fourth-order valence-corrected chi connectivity index (χ4v) is 3.76. The summed E-state index contributed by atoms with van der Waals surface area (Å²) in [5, 5.41) is 3.46. The number of ether oxygens (including phenoxy) is 2. The van der Waals surface area contributed by atoms with Crippen molar-refractivity contribution >= 4 is 5.96 Å². The molecule has 1 N–H and O–H groups in total. The minimum atomic E-state index is 0.228. The van der Waals surface area contributed by atoms with Crippen molar-refractivity contribution in [1.29, 1.82) is 0 Å². The number of hydrogen-bond acceptors (Lipinski definition) is 4. The number of aliphatic imine (C=N–C) groups is 1. The Morgan fingerprint density at radius 2 is 2.28 bits per heavy atom. The monoisotopic (exact) mass is 346 g/mol. The summed E-state index contributed by atoms with van der Waals surface area (Å²) in [5.41, 5.74) is 1.14. The van der Waals surface area contributed by atoms with Gasteiger partial charge in [-0.15, -0.1) is 0 Å². The maximum Gasteiger partial charge on any atom is 0.193 e. The Labute approximate surface area is 150 Å². The van der Waals surface area contributed by atoms with Crippen LogP contribution >= 0.6 is 0 Å². The van der Waals surface area contributed by atoms with Crippen LogP contribution in [0.15, 0.2) is 29.3 Å². The summed E-state index contributed by atoms with van der Waals surface area (Å²) in [6.07, 6.45) is 2.81.